The molecule has 0 fully saturated rings. The summed E-state index contributed by atoms with van der Waals surface area (Å²) in [6.45, 7) is 1.30. The summed E-state index contributed by atoms with van der Waals surface area (Å²) >= 11 is 3.28. The minimum atomic E-state index is -0.542. The Bertz CT molecular complexity index is 531. The van der Waals surface area contributed by atoms with Gasteiger partial charge in [-0.3, -0.25) is 14.9 Å². The van der Waals surface area contributed by atoms with E-state index in [0.29, 0.717) is 0 Å². The number of carbonyl (C=O) groups excluding carboxylic acids is 1. The van der Waals surface area contributed by atoms with Crippen molar-refractivity contribution in [2.75, 3.05) is 5.32 Å². The zero-order chi connectivity index (χ0) is 13.5. The highest BCUT2D eigenvalue weighted by molar-refractivity contribution is 9.10. The van der Waals surface area contributed by atoms with Gasteiger partial charge in [0.1, 0.15) is 5.69 Å². The van der Waals surface area contributed by atoms with Gasteiger partial charge < -0.3 is 5.32 Å². The predicted molar refractivity (Wildman–Crippen MR) is 72.7 cm³/mol. The van der Waals surface area contributed by atoms with Gasteiger partial charge in [0.2, 0.25) is 5.91 Å². The van der Waals surface area contributed by atoms with Crippen LogP contribution in [0.25, 0.3) is 0 Å². The van der Waals surface area contributed by atoms with Gasteiger partial charge in [0, 0.05) is 17.5 Å². The van der Waals surface area contributed by atoms with Gasteiger partial charge in [-0.1, -0.05) is 34.1 Å². The number of hydrogen-bond acceptors (Lipinski definition) is 3. The van der Waals surface area contributed by atoms with Gasteiger partial charge >= 0.3 is 0 Å². The molecule has 18 heavy (non-hydrogen) atoms. The van der Waals surface area contributed by atoms with Crippen LogP contribution in [0.5, 0.6) is 0 Å². The molecule has 1 aromatic carbocycles. The molecule has 0 bridgehead atoms. The number of anilines is 1. The first-order valence-corrected chi connectivity index (χ1v) is 5.85. The number of hydrogen-bond donors (Lipinski definition) is 1. The van der Waals surface area contributed by atoms with E-state index in [-0.39, 0.29) is 17.3 Å². The Kier molecular flexibility index (Phi) is 5.26. The van der Waals surface area contributed by atoms with Gasteiger partial charge in [-0.2, -0.15) is 0 Å². The van der Waals surface area contributed by atoms with E-state index < -0.39 is 4.92 Å². The molecule has 0 spiro atoms. The molecule has 1 rings (SSSR count). The SMILES string of the molecule is CC(=O)Nc1ccccc(Br)cccc1[N+](=O)[O-]. The Balaban J connectivity index is 3.46. The first-order valence-electron chi connectivity index (χ1n) is 5.05. The molecular formula is C12H11BrN2O3. The van der Waals surface area contributed by atoms with E-state index in [4.69, 9.17) is 0 Å². The largest absolute Gasteiger partial charge is 0.321 e. The van der Waals surface area contributed by atoms with E-state index in [0.717, 1.165) is 4.47 Å². The van der Waals surface area contributed by atoms with Crippen LogP contribution in [0.3, 0.4) is 0 Å². The lowest BCUT2D eigenvalue weighted by molar-refractivity contribution is -0.383. The topological polar surface area (TPSA) is 72.2 Å². The number of rotatable bonds is 2. The maximum atomic E-state index is 11.0. The molecule has 0 atom stereocenters. The van der Waals surface area contributed by atoms with Crippen molar-refractivity contribution < 1.29 is 9.72 Å². The molecule has 1 amide bonds. The van der Waals surface area contributed by atoms with Crippen molar-refractivity contribution >= 4 is 33.2 Å². The molecule has 1 aromatic rings. The quantitative estimate of drug-likeness (QED) is 0.671. The third kappa shape index (κ3) is 4.50. The minimum absolute atomic E-state index is 0.153. The molecule has 0 saturated heterocycles. The summed E-state index contributed by atoms with van der Waals surface area (Å²) in [6.07, 6.45) is 0. The molecule has 0 saturated carbocycles. The van der Waals surface area contributed by atoms with Gasteiger partial charge in [-0.15, -0.1) is 0 Å². The average Bonchev–Trinajstić information content (AvgIpc) is 2.28. The summed E-state index contributed by atoms with van der Waals surface area (Å²) < 4.78 is 0.786. The van der Waals surface area contributed by atoms with E-state index >= 15 is 0 Å². The Morgan fingerprint density at radius 2 is 1.83 bits per heavy atom. The van der Waals surface area contributed by atoms with E-state index in [1.165, 1.54) is 25.1 Å². The van der Waals surface area contributed by atoms with E-state index in [1.54, 1.807) is 24.3 Å². The second kappa shape index (κ2) is 6.70. The zero-order valence-electron chi connectivity index (χ0n) is 9.59. The molecule has 0 radical (unpaired) electrons. The first kappa shape index (κ1) is 14.1. The number of nitrogens with one attached hydrogen (secondary N) is 1. The van der Waals surface area contributed by atoms with Crippen LogP contribution in [0.4, 0.5) is 11.4 Å². The van der Waals surface area contributed by atoms with Crippen LogP contribution < -0.4 is 5.32 Å². The highest BCUT2D eigenvalue weighted by Gasteiger charge is 2.11. The zero-order valence-corrected chi connectivity index (χ0v) is 11.2. The summed E-state index contributed by atoms with van der Waals surface area (Å²) in [5.41, 5.74) is -0.0203. The van der Waals surface area contributed by atoms with Crippen LogP contribution >= 0.6 is 15.9 Å². The number of nitrogens with zero attached hydrogens (tertiary/aromatic N) is 1. The highest BCUT2D eigenvalue weighted by atomic mass is 79.9. The number of amides is 1. The maximum absolute atomic E-state index is 11.0. The van der Waals surface area contributed by atoms with Crippen LogP contribution in [0, 0.1) is 10.1 Å². The predicted octanol–water partition coefficient (Wildman–Crippen LogP) is 3.44. The monoisotopic (exact) mass is 310 g/mol. The lowest BCUT2D eigenvalue weighted by Crippen LogP contribution is -2.07. The fourth-order valence-corrected chi connectivity index (χ4v) is 1.52. The van der Waals surface area contributed by atoms with Crippen LogP contribution in [0.15, 0.2) is 46.9 Å². The fraction of sp³-hybridized carbons (Fsp3) is 0.0833. The molecule has 0 aliphatic heterocycles. The van der Waals surface area contributed by atoms with Crippen LogP contribution in [0.2, 0.25) is 0 Å². The van der Waals surface area contributed by atoms with Crippen molar-refractivity contribution in [1.82, 2.24) is 0 Å². The van der Waals surface area contributed by atoms with Gasteiger partial charge in [-0.05, 0) is 18.2 Å². The molecule has 1 N–H and O–H groups in total. The van der Waals surface area contributed by atoms with Gasteiger partial charge in [0.05, 0.1) is 4.92 Å². The van der Waals surface area contributed by atoms with E-state index in [1.807, 2.05) is 0 Å². The number of carbonyl (C=O) groups is 1. The molecular weight excluding hydrogens is 300 g/mol. The second-order valence-electron chi connectivity index (χ2n) is 3.37. The first-order chi connectivity index (χ1) is 8.50. The summed E-state index contributed by atoms with van der Waals surface area (Å²) in [5.74, 6) is -0.361. The van der Waals surface area contributed by atoms with Crippen LogP contribution in [0.1, 0.15) is 6.92 Å². The Labute approximate surface area is 112 Å². The summed E-state index contributed by atoms with van der Waals surface area (Å²) in [7, 11) is 0. The third-order valence-electron chi connectivity index (χ3n) is 1.92. The maximum Gasteiger partial charge on any atom is 0.292 e. The molecule has 0 aliphatic carbocycles. The molecule has 0 aromatic heterocycles. The van der Waals surface area contributed by atoms with Gasteiger partial charge in [0.15, 0.2) is 0 Å². The lowest BCUT2D eigenvalue weighted by atomic mass is 10.3. The van der Waals surface area contributed by atoms with Crippen molar-refractivity contribution in [2.24, 2.45) is 0 Å². The van der Waals surface area contributed by atoms with Crippen molar-refractivity contribution in [3.05, 3.63) is 57.1 Å². The Hall–Kier alpha value is -1.95. The molecule has 94 valence electrons. The highest BCUT2D eigenvalue weighted by Crippen LogP contribution is 2.21. The standard InChI is InChI=1S/C12H11BrN2O3/c1-9(16)14-11-7-3-2-5-10(13)6-4-8-12(11)15(17)18/h2-8H,1H3,(H,14,16). The average molecular weight is 311 g/mol. The third-order valence-corrected chi connectivity index (χ3v) is 2.45. The van der Waals surface area contributed by atoms with Crippen LogP contribution in [-0.2, 0) is 4.79 Å². The van der Waals surface area contributed by atoms with Crippen molar-refractivity contribution in [3.63, 3.8) is 0 Å². The summed E-state index contributed by atoms with van der Waals surface area (Å²) in [4.78, 5) is 21.4. The normalized spacial score (nSPS) is 9.22. The van der Waals surface area contributed by atoms with E-state index in [9.17, 15) is 14.9 Å². The second-order valence-corrected chi connectivity index (χ2v) is 4.28. The summed E-state index contributed by atoms with van der Waals surface area (Å²) in [6, 6.07) is 11.1. The Morgan fingerprint density at radius 3 is 2.44 bits per heavy atom. The van der Waals surface area contributed by atoms with Crippen molar-refractivity contribution in [2.45, 2.75) is 6.92 Å². The minimum Gasteiger partial charge on any atom is -0.321 e. The molecule has 0 unspecified atom stereocenters. The van der Waals surface area contributed by atoms with Crippen molar-refractivity contribution in [3.8, 4) is 0 Å². The smallest absolute Gasteiger partial charge is 0.292 e. The number of halogens is 1. The number of nitro groups is 1. The molecule has 6 heteroatoms. The lowest BCUT2D eigenvalue weighted by Gasteiger charge is -2.00. The molecule has 5 nitrogen and oxygen atoms in total. The van der Waals surface area contributed by atoms with E-state index in [2.05, 4.69) is 21.2 Å². The summed E-state index contributed by atoms with van der Waals surface area (Å²) in [5, 5.41) is 13.4. The van der Waals surface area contributed by atoms with Gasteiger partial charge in [-0.25, -0.2) is 0 Å². The Morgan fingerprint density at radius 1 is 1.22 bits per heavy atom. The van der Waals surface area contributed by atoms with Crippen LogP contribution in [-0.4, -0.2) is 10.8 Å². The molecule has 0 heterocycles. The fourth-order valence-electron chi connectivity index (χ4n) is 1.22. The van der Waals surface area contributed by atoms with Crippen molar-refractivity contribution in [1.29, 1.82) is 0 Å². The molecule has 0 aliphatic rings. The van der Waals surface area contributed by atoms with Gasteiger partial charge in [0.25, 0.3) is 5.69 Å².